The fourth-order valence-electron chi connectivity index (χ4n) is 2.13. The molecule has 0 aliphatic heterocycles. The third-order valence-corrected chi connectivity index (χ3v) is 3.37. The molecule has 18 heavy (non-hydrogen) atoms. The summed E-state index contributed by atoms with van der Waals surface area (Å²) in [6.07, 6.45) is 1.97. The molecule has 3 nitrogen and oxygen atoms in total. The van der Waals surface area contributed by atoms with Crippen LogP contribution in [0.5, 0.6) is 0 Å². The van der Waals surface area contributed by atoms with Crippen molar-refractivity contribution in [2.75, 3.05) is 0 Å². The van der Waals surface area contributed by atoms with Gasteiger partial charge in [0, 0.05) is 0 Å². The molecule has 3 rings (SSSR count). The van der Waals surface area contributed by atoms with Crippen molar-refractivity contribution >= 4 is 26.7 Å². The molecule has 90 valence electrons. The van der Waals surface area contributed by atoms with Gasteiger partial charge in [0.1, 0.15) is 0 Å². The molecular formula is C14H12NO2Se+. The van der Waals surface area contributed by atoms with E-state index in [1.54, 1.807) is 0 Å². The summed E-state index contributed by atoms with van der Waals surface area (Å²) in [7, 11) is 2.00. The van der Waals surface area contributed by atoms with E-state index in [0.29, 0.717) is 4.46 Å². The minimum atomic E-state index is 0.450. The Morgan fingerprint density at radius 3 is 2.67 bits per heavy atom. The van der Waals surface area contributed by atoms with Gasteiger partial charge in [-0.05, 0) is 0 Å². The first-order chi connectivity index (χ1) is 8.66. The predicted molar refractivity (Wildman–Crippen MR) is 68.8 cm³/mol. The Morgan fingerprint density at radius 1 is 1.11 bits per heavy atom. The molecule has 0 spiro atoms. The van der Waals surface area contributed by atoms with E-state index in [0.717, 1.165) is 22.4 Å². The molecule has 0 saturated carbocycles. The molecule has 2 aromatic heterocycles. The number of hydrogen-bond acceptors (Lipinski definition) is 2. The minimum absolute atomic E-state index is 0.450. The van der Waals surface area contributed by atoms with Gasteiger partial charge in [0.2, 0.25) is 0 Å². The molecule has 0 bridgehead atoms. The zero-order valence-electron chi connectivity index (χ0n) is 10.1. The van der Waals surface area contributed by atoms with Gasteiger partial charge in [-0.15, -0.1) is 0 Å². The van der Waals surface area contributed by atoms with Gasteiger partial charge >= 0.3 is 112 Å². The van der Waals surface area contributed by atoms with Gasteiger partial charge in [-0.25, -0.2) is 0 Å². The Hall–Kier alpha value is -1.64. The average Bonchev–Trinajstić information content (AvgIpc) is 2.71. The summed E-state index contributed by atoms with van der Waals surface area (Å²) in [4.78, 5) is 0. The van der Waals surface area contributed by atoms with Crippen molar-refractivity contribution < 1.29 is 13.4 Å². The van der Waals surface area contributed by atoms with Crippen LogP contribution in [0.1, 0.15) is 5.56 Å². The molecule has 0 aliphatic rings. The molecule has 0 N–H and O–H groups in total. The van der Waals surface area contributed by atoms with Crippen molar-refractivity contribution in [2.45, 2.75) is 6.92 Å². The number of aryl methyl sites for hydroxylation is 2. The van der Waals surface area contributed by atoms with E-state index in [1.165, 1.54) is 5.56 Å². The molecule has 4 heteroatoms. The van der Waals surface area contributed by atoms with Crippen LogP contribution in [-0.2, 0) is 7.05 Å². The van der Waals surface area contributed by atoms with Crippen LogP contribution in [0.2, 0.25) is 0 Å². The first kappa shape index (κ1) is 11.4. The first-order valence-corrected chi connectivity index (χ1v) is 6.51. The Labute approximate surface area is 112 Å². The van der Waals surface area contributed by atoms with Crippen LogP contribution in [0.15, 0.2) is 45.4 Å². The van der Waals surface area contributed by atoms with Gasteiger partial charge in [0.15, 0.2) is 0 Å². The van der Waals surface area contributed by atoms with Crippen molar-refractivity contribution in [2.24, 2.45) is 7.05 Å². The summed E-state index contributed by atoms with van der Waals surface area (Å²) in [6, 6.07) is 10.1. The second-order valence-electron chi connectivity index (χ2n) is 4.24. The molecule has 0 radical (unpaired) electrons. The Morgan fingerprint density at radius 2 is 1.89 bits per heavy atom. The average molecular weight is 305 g/mol. The Balaban J connectivity index is 2.44. The van der Waals surface area contributed by atoms with Crippen LogP contribution in [0, 0.1) is 11.4 Å². The van der Waals surface area contributed by atoms with E-state index in [-0.39, 0.29) is 0 Å². The van der Waals surface area contributed by atoms with Crippen molar-refractivity contribution in [3.05, 3.63) is 46.5 Å². The van der Waals surface area contributed by atoms with Gasteiger partial charge in [0.25, 0.3) is 0 Å². The predicted octanol–water partition coefficient (Wildman–Crippen LogP) is 2.53. The van der Waals surface area contributed by atoms with Gasteiger partial charge in [-0.2, -0.15) is 0 Å². The Kier molecular flexibility index (Phi) is 2.69. The number of pyridine rings is 1. The van der Waals surface area contributed by atoms with Crippen molar-refractivity contribution in [3.63, 3.8) is 0 Å². The molecular weight excluding hydrogens is 293 g/mol. The summed E-state index contributed by atoms with van der Waals surface area (Å²) in [5.41, 5.74) is 4.90. The Bertz CT molecular complexity index is 786. The van der Waals surface area contributed by atoms with E-state index < -0.39 is 0 Å². The van der Waals surface area contributed by atoms with E-state index in [9.17, 15) is 0 Å². The third kappa shape index (κ3) is 1.74. The number of hydrogen-bond donors (Lipinski definition) is 0. The molecule has 1 aromatic carbocycles. The summed E-state index contributed by atoms with van der Waals surface area (Å²) < 4.78 is 13.6. The standard InChI is InChI=1S/C14H12NO2Se/c1-9-5-3-4-6-10(9)12-13-11(7-8-15(12)2)16-14(18)17-13/h3-8H,1-2H3/q+1. The van der Waals surface area contributed by atoms with Crippen LogP contribution < -0.4 is 4.57 Å². The second kappa shape index (κ2) is 4.23. The molecule has 0 aliphatic carbocycles. The molecule has 0 amide bonds. The number of benzene rings is 1. The molecule has 0 fully saturated rings. The van der Waals surface area contributed by atoms with Gasteiger partial charge in [-0.3, -0.25) is 0 Å². The fraction of sp³-hybridized carbons (Fsp3) is 0.143. The topological polar surface area (TPSA) is 30.2 Å². The van der Waals surface area contributed by atoms with E-state index in [4.69, 9.17) is 8.83 Å². The van der Waals surface area contributed by atoms with E-state index in [1.807, 2.05) is 36.0 Å². The summed E-state index contributed by atoms with van der Waals surface area (Å²) in [5, 5.41) is 0. The molecule has 2 heterocycles. The summed E-state index contributed by atoms with van der Waals surface area (Å²) in [5.74, 6) is 0. The quantitative estimate of drug-likeness (QED) is 0.511. The number of nitrogens with zero attached hydrogens (tertiary/aromatic N) is 1. The summed E-state index contributed by atoms with van der Waals surface area (Å²) in [6.45, 7) is 2.09. The summed E-state index contributed by atoms with van der Waals surface area (Å²) >= 11 is 2.76. The van der Waals surface area contributed by atoms with Crippen LogP contribution >= 0.6 is 0 Å². The molecule has 3 aromatic rings. The van der Waals surface area contributed by atoms with E-state index in [2.05, 4.69) is 34.6 Å². The second-order valence-corrected chi connectivity index (χ2v) is 4.94. The SMILES string of the molecule is Cc1ccccc1-c1c2oc(=[Se])oc2cc[n+]1C. The number of rotatable bonds is 1. The van der Waals surface area contributed by atoms with Crippen molar-refractivity contribution in [1.82, 2.24) is 0 Å². The van der Waals surface area contributed by atoms with Crippen LogP contribution in [-0.4, -0.2) is 15.6 Å². The third-order valence-electron chi connectivity index (χ3n) is 3.02. The molecule has 0 atom stereocenters. The normalized spacial score (nSPS) is 11.0. The molecule has 0 unspecified atom stereocenters. The zero-order valence-corrected chi connectivity index (χ0v) is 11.8. The zero-order chi connectivity index (χ0) is 12.7. The van der Waals surface area contributed by atoms with Gasteiger partial charge in [0.05, 0.1) is 0 Å². The van der Waals surface area contributed by atoms with Crippen LogP contribution in [0.4, 0.5) is 0 Å². The maximum atomic E-state index is 5.65. The monoisotopic (exact) mass is 306 g/mol. The fourth-order valence-corrected chi connectivity index (χ4v) is 2.49. The van der Waals surface area contributed by atoms with Gasteiger partial charge in [-0.1, -0.05) is 0 Å². The van der Waals surface area contributed by atoms with Gasteiger partial charge < -0.3 is 0 Å². The maximum absolute atomic E-state index is 5.65. The molecule has 0 saturated heterocycles. The van der Waals surface area contributed by atoms with Crippen molar-refractivity contribution in [1.29, 1.82) is 0 Å². The first-order valence-electron chi connectivity index (χ1n) is 5.65. The number of fused-ring (bicyclic) bond motifs is 1. The van der Waals surface area contributed by atoms with Crippen LogP contribution in [0.25, 0.3) is 22.4 Å². The van der Waals surface area contributed by atoms with Crippen LogP contribution in [0.3, 0.4) is 0 Å². The van der Waals surface area contributed by atoms with E-state index >= 15 is 0 Å². The van der Waals surface area contributed by atoms with Crippen molar-refractivity contribution in [3.8, 4) is 11.3 Å². The number of aromatic nitrogens is 1.